The summed E-state index contributed by atoms with van der Waals surface area (Å²) < 4.78 is 0. The van der Waals surface area contributed by atoms with Crippen molar-refractivity contribution in [1.29, 1.82) is 0 Å². The molecule has 0 aliphatic carbocycles. The lowest BCUT2D eigenvalue weighted by Crippen LogP contribution is -2.26. The molecule has 2 heteroatoms. The van der Waals surface area contributed by atoms with Crippen molar-refractivity contribution in [2.24, 2.45) is 0 Å². The summed E-state index contributed by atoms with van der Waals surface area (Å²) in [6, 6.07) is 10.7. The fraction of sp³-hybridized carbons (Fsp3) is 0.571. The summed E-state index contributed by atoms with van der Waals surface area (Å²) in [5.74, 6) is 0.743. The van der Waals surface area contributed by atoms with Gasteiger partial charge in [0, 0.05) is 12.4 Å². The van der Waals surface area contributed by atoms with Gasteiger partial charge in [0.1, 0.15) is 0 Å². The van der Waals surface area contributed by atoms with Crippen LogP contribution in [-0.4, -0.2) is 30.4 Å². The Morgan fingerprint density at radius 1 is 1.06 bits per heavy atom. The standard InChI is InChI=1S/C14H22ClN/c1-2-16(13-11-15)12-7-6-10-14-8-4-3-5-9-14/h3-5,8-9H,2,6-7,10-13H2,1H3. The molecule has 0 bridgehead atoms. The highest BCUT2D eigenvalue weighted by atomic mass is 35.5. The van der Waals surface area contributed by atoms with E-state index < -0.39 is 0 Å². The molecule has 0 saturated heterocycles. The zero-order valence-corrected chi connectivity index (χ0v) is 10.9. The molecule has 0 radical (unpaired) electrons. The van der Waals surface area contributed by atoms with E-state index in [-0.39, 0.29) is 0 Å². The third-order valence-corrected chi connectivity index (χ3v) is 3.05. The zero-order chi connectivity index (χ0) is 11.6. The maximum Gasteiger partial charge on any atom is 0.0351 e. The monoisotopic (exact) mass is 239 g/mol. The molecule has 0 heterocycles. The predicted molar refractivity (Wildman–Crippen MR) is 72.2 cm³/mol. The van der Waals surface area contributed by atoms with E-state index in [1.54, 1.807) is 0 Å². The van der Waals surface area contributed by atoms with Crippen LogP contribution in [-0.2, 0) is 6.42 Å². The van der Waals surface area contributed by atoms with Gasteiger partial charge in [0.25, 0.3) is 0 Å². The highest BCUT2D eigenvalue weighted by molar-refractivity contribution is 6.18. The van der Waals surface area contributed by atoms with E-state index in [4.69, 9.17) is 11.6 Å². The van der Waals surface area contributed by atoms with Crippen LogP contribution in [0.3, 0.4) is 0 Å². The van der Waals surface area contributed by atoms with Gasteiger partial charge in [-0.3, -0.25) is 0 Å². The predicted octanol–water partition coefficient (Wildman–Crippen LogP) is 3.57. The van der Waals surface area contributed by atoms with Crippen molar-refractivity contribution in [2.45, 2.75) is 26.2 Å². The van der Waals surface area contributed by atoms with Crippen LogP contribution < -0.4 is 0 Å². The van der Waals surface area contributed by atoms with Gasteiger partial charge in [-0.05, 0) is 37.9 Å². The molecule has 0 saturated carbocycles. The molecule has 0 aliphatic heterocycles. The summed E-state index contributed by atoms with van der Waals surface area (Å²) >= 11 is 5.74. The second kappa shape index (κ2) is 8.60. The summed E-state index contributed by atoms with van der Waals surface area (Å²) in [7, 11) is 0. The van der Waals surface area contributed by atoms with Crippen molar-refractivity contribution in [1.82, 2.24) is 4.90 Å². The minimum Gasteiger partial charge on any atom is -0.302 e. The number of aryl methyl sites for hydroxylation is 1. The van der Waals surface area contributed by atoms with Crippen LogP contribution >= 0.6 is 11.6 Å². The van der Waals surface area contributed by atoms with Crippen molar-refractivity contribution < 1.29 is 0 Å². The Hall–Kier alpha value is -0.530. The Morgan fingerprint density at radius 3 is 2.44 bits per heavy atom. The summed E-state index contributed by atoms with van der Waals surface area (Å²) in [6.07, 6.45) is 3.72. The lowest BCUT2D eigenvalue weighted by Gasteiger charge is -2.18. The highest BCUT2D eigenvalue weighted by Gasteiger charge is 2.00. The molecular weight excluding hydrogens is 218 g/mol. The van der Waals surface area contributed by atoms with Crippen LogP contribution in [0.15, 0.2) is 30.3 Å². The van der Waals surface area contributed by atoms with Crippen LogP contribution in [0.5, 0.6) is 0 Å². The second-order valence-electron chi connectivity index (χ2n) is 4.07. The first-order valence-electron chi connectivity index (χ1n) is 6.19. The average molecular weight is 240 g/mol. The summed E-state index contributed by atoms with van der Waals surface area (Å²) in [6.45, 7) is 5.50. The summed E-state index contributed by atoms with van der Waals surface area (Å²) in [4.78, 5) is 2.41. The van der Waals surface area contributed by atoms with E-state index in [0.717, 1.165) is 19.0 Å². The van der Waals surface area contributed by atoms with Gasteiger partial charge in [-0.2, -0.15) is 0 Å². The Balaban J connectivity index is 2.11. The minimum absolute atomic E-state index is 0.743. The zero-order valence-electron chi connectivity index (χ0n) is 10.2. The molecule has 1 aromatic rings. The molecule has 0 fully saturated rings. The number of hydrogen-bond donors (Lipinski definition) is 0. The molecule has 0 aliphatic rings. The van der Waals surface area contributed by atoms with Crippen LogP contribution in [0.1, 0.15) is 25.3 Å². The Morgan fingerprint density at radius 2 is 1.81 bits per heavy atom. The van der Waals surface area contributed by atoms with Crippen LogP contribution in [0.25, 0.3) is 0 Å². The number of halogens is 1. The number of hydrogen-bond acceptors (Lipinski definition) is 1. The van der Waals surface area contributed by atoms with Gasteiger partial charge in [0.2, 0.25) is 0 Å². The molecule has 16 heavy (non-hydrogen) atoms. The van der Waals surface area contributed by atoms with Gasteiger partial charge in [-0.15, -0.1) is 11.6 Å². The quantitative estimate of drug-likeness (QED) is 0.495. The fourth-order valence-corrected chi connectivity index (χ4v) is 2.10. The molecule has 0 amide bonds. The van der Waals surface area contributed by atoms with Crippen LogP contribution in [0.2, 0.25) is 0 Å². The molecule has 0 spiro atoms. The number of benzene rings is 1. The molecule has 0 aromatic heterocycles. The number of rotatable bonds is 8. The lowest BCUT2D eigenvalue weighted by molar-refractivity contribution is 0.298. The molecular formula is C14H22ClN. The van der Waals surface area contributed by atoms with E-state index in [2.05, 4.69) is 42.2 Å². The van der Waals surface area contributed by atoms with Gasteiger partial charge < -0.3 is 4.90 Å². The maximum atomic E-state index is 5.74. The molecule has 90 valence electrons. The third kappa shape index (κ3) is 5.53. The third-order valence-electron chi connectivity index (χ3n) is 2.88. The van der Waals surface area contributed by atoms with Gasteiger partial charge >= 0.3 is 0 Å². The number of alkyl halides is 1. The average Bonchev–Trinajstić information content (AvgIpc) is 2.34. The molecule has 1 nitrogen and oxygen atoms in total. The molecule has 0 atom stereocenters. The number of unbranched alkanes of at least 4 members (excludes halogenated alkanes) is 1. The molecule has 1 rings (SSSR count). The van der Waals surface area contributed by atoms with Gasteiger partial charge in [0.15, 0.2) is 0 Å². The van der Waals surface area contributed by atoms with Gasteiger partial charge in [-0.25, -0.2) is 0 Å². The van der Waals surface area contributed by atoms with Crippen LogP contribution in [0, 0.1) is 0 Å². The van der Waals surface area contributed by atoms with Crippen molar-refractivity contribution in [2.75, 3.05) is 25.5 Å². The smallest absolute Gasteiger partial charge is 0.0351 e. The van der Waals surface area contributed by atoms with E-state index in [0.29, 0.717) is 0 Å². The fourth-order valence-electron chi connectivity index (χ4n) is 1.86. The number of nitrogens with zero attached hydrogens (tertiary/aromatic N) is 1. The normalized spacial score (nSPS) is 10.9. The summed E-state index contributed by atoms with van der Waals surface area (Å²) in [5, 5.41) is 0. The largest absolute Gasteiger partial charge is 0.302 e. The van der Waals surface area contributed by atoms with E-state index in [1.807, 2.05) is 0 Å². The van der Waals surface area contributed by atoms with E-state index >= 15 is 0 Å². The van der Waals surface area contributed by atoms with Gasteiger partial charge in [0.05, 0.1) is 0 Å². The van der Waals surface area contributed by atoms with Crippen molar-refractivity contribution in [3.8, 4) is 0 Å². The SMILES string of the molecule is CCN(CCCl)CCCCc1ccccc1. The van der Waals surface area contributed by atoms with E-state index in [1.165, 1.54) is 31.4 Å². The Kier molecular flexibility index (Phi) is 7.28. The van der Waals surface area contributed by atoms with Gasteiger partial charge in [-0.1, -0.05) is 37.3 Å². The Bertz CT molecular complexity index is 261. The Labute approximate surface area is 104 Å². The van der Waals surface area contributed by atoms with Crippen molar-refractivity contribution >= 4 is 11.6 Å². The second-order valence-corrected chi connectivity index (χ2v) is 4.44. The first-order valence-corrected chi connectivity index (χ1v) is 6.72. The summed E-state index contributed by atoms with van der Waals surface area (Å²) in [5.41, 5.74) is 1.45. The lowest BCUT2D eigenvalue weighted by atomic mass is 10.1. The topological polar surface area (TPSA) is 3.24 Å². The first kappa shape index (κ1) is 13.5. The van der Waals surface area contributed by atoms with Crippen molar-refractivity contribution in [3.05, 3.63) is 35.9 Å². The molecule has 1 aromatic carbocycles. The van der Waals surface area contributed by atoms with Crippen molar-refractivity contribution in [3.63, 3.8) is 0 Å². The van der Waals surface area contributed by atoms with Crippen LogP contribution in [0.4, 0.5) is 0 Å². The highest BCUT2D eigenvalue weighted by Crippen LogP contribution is 2.05. The first-order chi connectivity index (χ1) is 7.86. The molecule has 0 N–H and O–H groups in total. The minimum atomic E-state index is 0.743. The van der Waals surface area contributed by atoms with E-state index in [9.17, 15) is 0 Å². The maximum absolute atomic E-state index is 5.74. The molecule has 0 unspecified atom stereocenters.